The Kier molecular flexibility index (Phi) is 1.92. The summed E-state index contributed by atoms with van der Waals surface area (Å²) in [6.45, 7) is 0. The second-order valence-electron chi connectivity index (χ2n) is 4.17. The van der Waals surface area contributed by atoms with E-state index in [1.54, 1.807) is 0 Å². The van der Waals surface area contributed by atoms with E-state index in [0.717, 1.165) is 12.3 Å². The van der Waals surface area contributed by atoms with Gasteiger partial charge in [-0.2, -0.15) is 0 Å². The van der Waals surface area contributed by atoms with E-state index in [1.165, 1.54) is 25.5 Å². The van der Waals surface area contributed by atoms with E-state index in [4.69, 9.17) is 0 Å². The maximum atomic E-state index is 11.0. The zero-order valence-corrected chi connectivity index (χ0v) is 8.10. The minimum atomic E-state index is -2.98. The van der Waals surface area contributed by atoms with Crippen molar-refractivity contribution < 1.29 is 8.42 Å². The van der Waals surface area contributed by atoms with Crippen molar-refractivity contribution in [3.8, 4) is 0 Å². The summed E-state index contributed by atoms with van der Waals surface area (Å²) in [6.07, 6.45) is 6.09. The van der Waals surface area contributed by atoms with Gasteiger partial charge in [0, 0.05) is 6.04 Å². The largest absolute Gasteiger partial charge is 0.213 e. The van der Waals surface area contributed by atoms with Crippen molar-refractivity contribution in [3.05, 3.63) is 0 Å². The van der Waals surface area contributed by atoms with Crippen LogP contribution in [0, 0.1) is 11.8 Å². The fourth-order valence-corrected chi connectivity index (χ4v) is 3.50. The Hall–Kier alpha value is -0.0900. The summed E-state index contributed by atoms with van der Waals surface area (Å²) >= 11 is 0. The van der Waals surface area contributed by atoms with Crippen LogP contribution in [-0.2, 0) is 10.0 Å². The highest BCUT2D eigenvalue weighted by Gasteiger charge is 2.40. The van der Waals surface area contributed by atoms with Gasteiger partial charge < -0.3 is 0 Å². The van der Waals surface area contributed by atoms with E-state index < -0.39 is 10.0 Å². The summed E-state index contributed by atoms with van der Waals surface area (Å²) in [7, 11) is -2.98. The van der Waals surface area contributed by atoms with Crippen LogP contribution in [0.25, 0.3) is 0 Å². The first kappa shape index (κ1) is 8.51. The Morgan fingerprint density at radius 3 is 2.42 bits per heavy atom. The molecule has 0 radical (unpaired) electrons. The smallest absolute Gasteiger partial charge is 0.208 e. The molecule has 2 fully saturated rings. The van der Waals surface area contributed by atoms with E-state index in [1.807, 2.05) is 0 Å². The van der Waals surface area contributed by atoms with Gasteiger partial charge in [0.05, 0.1) is 6.26 Å². The predicted molar refractivity (Wildman–Crippen MR) is 47.2 cm³/mol. The van der Waals surface area contributed by atoms with E-state index in [-0.39, 0.29) is 6.04 Å². The van der Waals surface area contributed by atoms with Gasteiger partial charge in [-0.15, -0.1) is 0 Å². The quantitative estimate of drug-likeness (QED) is 0.696. The first-order valence-electron chi connectivity index (χ1n) is 4.52. The van der Waals surface area contributed by atoms with Crippen LogP contribution in [-0.4, -0.2) is 20.7 Å². The fourth-order valence-electron chi connectivity index (χ4n) is 2.66. The lowest BCUT2D eigenvalue weighted by atomic mass is 9.96. The predicted octanol–water partition coefficient (Wildman–Crippen LogP) is 0.724. The lowest BCUT2D eigenvalue weighted by Gasteiger charge is -2.21. The molecule has 4 heteroatoms. The standard InChI is InChI=1S/C8H15NO2S/c1-12(10,11)9-8-5-6-2-3-7(8)4-6/h6-9H,2-5H2,1H3/t6?,7?,8-/m0/s1. The number of hydrogen-bond acceptors (Lipinski definition) is 2. The second-order valence-corrected chi connectivity index (χ2v) is 5.95. The molecule has 2 aliphatic carbocycles. The average molecular weight is 189 g/mol. The van der Waals surface area contributed by atoms with Gasteiger partial charge in [0.15, 0.2) is 0 Å². The van der Waals surface area contributed by atoms with Gasteiger partial charge in [-0.1, -0.05) is 6.42 Å². The molecule has 0 spiro atoms. The molecule has 0 aromatic heterocycles. The van der Waals surface area contributed by atoms with Crippen molar-refractivity contribution in [2.24, 2.45) is 11.8 Å². The molecule has 2 saturated carbocycles. The van der Waals surface area contributed by atoms with Crippen molar-refractivity contribution in [1.82, 2.24) is 4.72 Å². The molecule has 2 rings (SSSR count). The zero-order valence-electron chi connectivity index (χ0n) is 7.29. The van der Waals surface area contributed by atoms with Crippen molar-refractivity contribution in [3.63, 3.8) is 0 Å². The minimum absolute atomic E-state index is 0.249. The Bertz CT molecular complexity index is 273. The van der Waals surface area contributed by atoms with Crippen LogP contribution in [0.5, 0.6) is 0 Å². The first-order valence-corrected chi connectivity index (χ1v) is 6.41. The van der Waals surface area contributed by atoms with Crippen LogP contribution in [0.4, 0.5) is 0 Å². The third-order valence-corrected chi connectivity index (χ3v) is 3.83. The van der Waals surface area contributed by atoms with E-state index in [2.05, 4.69) is 4.72 Å². The van der Waals surface area contributed by atoms with Crippen LogP contribution in [0.1, 0.15) is 25.7 Å². The molecule has 12 heavy (non-hydrogen) atoms. The van der Waals surface area contributed by atoms with Crippen LogP contribution in [0.3, 0.4) is 0 Å². The minimum Gasteiger partial charge on any atom is -0.213 e. The topological polar surface area (TPSA) is 46.2 Å². The van der Waals surface area contributed by atoms with Gasteiger partial charge in [0.1, 0.15) is 0 Å². The molecule has 0 aromatic carbocycles. The van der Waals surface area contributed by atoms with Crippen molar-refractivity contribution >= 4 is 10.0 Å². The Morgan fingerprint density at radius 2 is 2.00 bits per heavy atom. The molecule has 1 N–H and O–H groups in total. The Labute approximate surface area is 73.6 Å². The van der Waals surface area contributed by atoms with Crippen molar-refractivity contribution in [1.29, 1.82) is 0 Å². The molecule has 2 aliphatic rings. The molecule has 0 amide bonds. The Balaban J connectivity index is 2.00. The van der Waals surface area contributed by atoms with Gasteiger partial charge in [0.2, 0.25) is 10.0 Å². The van der Waals surface area contributed by atoms with Gasteiger partial charge >= 0.3 is 0 Å². The molecule has 0 aromatic rings. The number of fused-ring (bicyclic) bond motifs is 2. The third kappa shape index (κ3) is 1.64. The number of sulfonamides is 1. The molecule has 3 nitrogen and oxygen atoms in total. The number of nitrogens with one attached hydrogen (secondary N) is 1. The van der Waals surface area contributed by atoms with Gasteiger partial charge in [0.25, 0.3) is 0 Å². The maximum Gasteiger partial charge on any atom is 0.208 e. The Morgan fingerprint density at radius 1 is 1.25 bits per heavy atom. The lowest BCUT2D eigenvalue weighted by Crippen LogP contribution is -2.37. The highest BCUT2D eigenvalue weighted by molar-refractivity contribution is 7.88. The highest BCUT2D eigenvalue weighted by atomic mass is 32.2. The lowest BCUT2D eigenvalue weighted by molar-refractivity contribution is 0.391. The number of rotatable bonds is 2. The van der Waals surface area contributed by atoms with Crippen LogP contribution in [0.2, 0.25) is 0 Å². The average Bonchev–Trinajstić information content (AvgIpc) is 2.42. The van der Waals surface area contributed by atoms with E-state index in [0.29, 0.717) is 5.92 Å². The molecular formula is C8H15NO2S. The van der Waals surface area contributed by atoms with Gasteiger partial charge in [-0.25, -0.2) is 13.1 Å². The normalized spacial score (nSPS) is 40.6. The third-order valence-electron chi connectivity index (χ3n) is 3.10. The van der Waals surface area contributed by atoms with E-state index in [9.17, 15) is 8.42 Å². The van der Waals surface area contributed by atoms with Crippen LogP contribution < -0.4 is 4.72 Å². The fraction of sp³-hybridized carbons (Fsp3) is 1.00. The summed E-state index contributed by atoms with van der Waals surface area (Å²) in [5.74, 6) is 1.43. The SMILES string of the molecule is CS(=O)(=O)N[C@H]1CC2CCC1C2. The summed E-state index contributed by atoms with van der Waals surface area (Å²) in [5, 5.41) is 0. The van der Waals surface area contributed by atoms with Crippen molar-refractivity contribution in [2.45, 2.75) is 31.7 Å². The molecule has 0 aliphatic heterocycles. The molecule has 2 bridgehead atoms. The number of hydrogen-bond donors (Lipinski definition) is 1. The zero-order chi connectivity index (χ0) is 8.77. The highest BCUT2D eigenvalue weighted by Crippen LogP contribution is 2.44. The van der Waals surface area contributed by atoms with Gasteiger partial charge in [-0.3, -0.25) is 0 Å². The summed E-state index contributed by atoms with van der Waals surface area (Å²) in [5.41, 5.74) is 0. The molecule has 3 atom stereocenters. The molecular weight excluding hydrogens is 174 g/mol. The van der Waals surface area contributed by atoms with Crippen LogP contribution >= 0.6 is 0 Å². The van der Waals surface area contributed by atoms with Crippen molar-refractivity contribution in [2.75, 3.05) is 6.26 Å². The second kappa shape index (κ2) is 2.70. The maximum absolute atomic E-state index is 11.0. The van der Waals surface area contributed by atoms with Crippen LogP contribution in [0.15, 0.2) is 0 Å². The molecule has 70 valence electrons. The summed E-state index contributed by atoms with van der Waals surface area (Å²) < 4.78 is 24.6. The summed E-state index contributed by atoms with van der Waals surface area (Å²) in [4.78, 5) is 0. The molecule has 0 saturated heterocycles. The van der Waals surface area contributed by atoms with Gasteiger partial charge in [-0.05, 0) is 31.1 Å². The first-order chi connectivity index (χ1) is 5.54. The molecule has 0 heterocycles. The molecule has 2 unspecified atom stereocenters. The monoisotopic (exact) mass is 189 g/mol. The summed E-state index contributed by atoms with van der Waals surface area (Å²) in [6, 6.07) is 0.249. The van der Waals surface area contributed by atoms with E-state index >= 15 is 0 Å².